The maximum atomic E-state index is 12.4. The van der Waals surface area contributed by atoms with Gasteiger partial charge in [-0.2, -0.15) is 0 Å². The third-order valence-electron chi connectivity index (χ3n) is 5.52. The molecule has 0 spiro atoms. The first-order valence-electron chi connectivity index (χ1n) is 9.96. The van der Waals surface area contributed by atoms with Crippen molar-refractivity contribution in [3.8, 4) is 11.3 Å². The first kappa shape index (κ1) is 18.7. The van der Waals surface area contributed by atoms with Crippen LogP contribution in [0.1, 0.15) is 63.1 Å². The van der Waals surface area contributed by atoms with E-state index in [1.54, 1.807) is 0 Å². The van der Waals surface area contributed by atoms with Crippen molar-refractivity contribution in [2.24, 2.45) is 11.8 Å². The van der Waals surface area contributed by atoms with E-state index in [0.29, 0.717) is 6.54 Å². The number of nitrogens with one attached hydrogen (secondary N) is 1. The first-order chi connectivity index (χ1) is 12.7. The van der Waals surface area contributed by atoms with Crippen molar-refractivity contribution in [2.75, 3.05) is 0 Å². The van der Waals surface area contributed by atoms with Gasteiger partial charge in [0.05, 0.1) is 6.54 Å². The number of benzene rings is 1. The van der Waals surface area contributed by atoms with Crippen LogP contribution in [0.25, 0.3) is 11.3 Å². The Morgan fingerprint density at radius 1 is 1.19 bits per heavy atom. The molecule has 1 aromatic carbocycles. The van der Waals surface area contributed by atoms with Crippen LogP contribution < -0.4 is 5.32 Å². The lowest BCUT2D eigenvalue weighted by Gasteiger charge is -2.27. The van der Waals surface area contributed by atoms with Crippen LogP contribution in [-0.2, 0) is 11.3 Å². The normalized spacial score (nSPS) is 20.1. The summed E-state index contributed by atoms with van der Waals surface area (Å²) in [5, 5.41) is 7.13. The van der Waals surface area contributed by atoms with Crippen LogP contribution in [-0.4, -0.2) is 11.1 Å². The van der Waals surface area contributed by atoms with Gasteiger partial charge in [-0.3, -0.25) is 4.79 Å². The van der Waals surface area contributed by atoms with Crippen LogP contribution in [0.15, 0.2) is 34.9 Å². The Hall–Kier alpha value is -2.10. The Balaban J connectivity index is 1.46. The SMILES string of the molecule is CCCCC1CCC(C(=O)NCc2cc(-c3ccc(C)cc3)on2)CC1. The van der Waals surface area contributed by atoms with Gasteiger partial charge in [-0.25, -0.2) is 0 Å². The van der Waals surface area contributed by atoms with Gasteiger partial charge in [0, 0.05) is 17.5 Å². The molecule has 3 rings (SSSR count). The van der Waals surface area contributed by atoms with E-state index in [0.717, 1.165) is 35.8 Å². The van der Waals surface area contributed by atoms with E-state index >= 15 is 0 Å². The predicted octanol–water partition coefficient (Wildman–Crippen LogP) is 5.26. The smallest absolute Gasteiger partial charge is 0.223 e. The average Bonchev–Trinajstić information content (AvgIpc) is 3.14. The van der Waals surface area contributed by atoms with E-state index in [9.17, 15) is 4.79 Å². The molecule has 26 heavy (non-hydrogen) atoms. The Morgan fingerprint density at radius 3 is 2.62 bits per heavy atom. The molecule has 4 nitrogen and oxygen atoms in total. The summed E-state index contributed by atoms with van der Waals surface area (Å²) in [6.07, 6.45) is 8.34. The molecule has 1 aliphatic rings. The zero-order valence-corrected chi connectivity index (χ0v) is 16.0. The number of aryl methyl sites for hydroxylation is 1. The highest BCUT2D eigenvalue weighted by Gasteiger charge is 2.25. The number of amides is 1. The molecule has 1 heterocycles. The lowest BCUT2D eigenvalue weighted by atomic mass is 9.79. The molecule has 1 amide bonds. The quantitative estimate of drug-likeness (QED) is 0.737. The summed E-state index contributed by atoms with van der Waals surface area (Å²) in [4.78, 5) is 12.4. The molecule has 4 heteroatoms. The minimum atomic E-state index is 0.163. The Kier molecular flexibility index (Phi) is 6.48. The highest BCUT2D eigenvalue weighted by atomic mass is 16.5. The summed E-state index contributed by atoms with van der Waals surface area (Å²) in [6, 6.07) is 10.1. The van der Waals surface area contributed by atoms with E-state index in [1.165, 1.54) is 37.7 Å². The highest BCUT2D eigenvalue weighted by Crippen LogP contribution is 2.32. The van der Waals surface area contributed by atoms with Gasteiger partial charge in [0.15, 0.2) is 5.76 Å². The standard InChI is InChI=1S/C22H30N2O2/c1-3-4-5-17-8-12-19(13-9-17)22(25)23-15-20-14-21(26-24-20)18-10-6-16(2)7-11-18/h6-7,10-11,14,17,19H,3-5,8-9,12-13,15H2,1-2H3,(H,23,25). The largest absolute Gasteiger partial charge is 0.356 e. The van der Waals surface area contributed by atoms with Crippen LogP contribution in [0, 0.1) is 18.8 Å². The lowest BCUT2D eigenvalue weighted by molar-refractivity contribution is -0.126. The molecule has 0 aliphatic heterocycles. The number of nitrogens with zero attached hydrogens (tertiary/aromatic N) is 1. The molecule has 1 fully saturated rings. The lowest BCUT2D eigenvalue weighted by Crippen LogP contribution is -2.32. The summed E-state index contributed by atoms with van der Waals surface area (Å²) in [5.41, 5.74) is 2.99. The van der Waals surface area contributed by atoms with Gasteiger partial charge < -0.3 is 9.84 Å². The summed E-state index contributed by atoms with van der Waals surface area (Å²) in [5.74, 6) is 1.90. The zero-order valence-electron chi connectivity index (χ0n) is 16.0. The maximum absolute atomic E-state index is 12.4. The molecular weight excluding hydrogens is 324 g/mol. The second kappa shape index (κ2) is 9.02. The number of hydrogen-bond acceptors (Lipinski definition) is 3. The Bertz CT molecular complexity index is 697. The Morgan fingerprint density at radius 2 is 1.92 bits per heavy atom. The summed E-state index contributed by atoms with van der Waals surface area (Å²) in [7, 11) is 0. The molecule has 1 N–H and O–H groups in total. The zero-order chi connectivity index (χ0) is 18.4. The number of unbranched alkanes of at least 4 members (excludes halogenated alkanes) is 1. The van der Waals surface area contributed by atoms with Crippen molar-refractivity contribution in [1.29, 1.82) is 0 Å². The van der Waals surface area contributed by atoms with Crippen molar-refractivity contribution in [3.63, 3.8) is 0 Å². The molecule has 1 aliphatic carbocycles. The molecule has 0 radical (unpaired) electrons. The molecule has 1 saturated carbocycles. The Labute approximate surface area is 156 Å². The van der Waals surface area contributed by atoms with Crippen LogP contribution in [0.3, 0.4) is 0 Å². The van der Waals surface area contributed by atoms with Crippen LogP contribution in [0.5, 0.6) is 0 Å². The molecule has 0 unspecified atom stereocenters. The molecule has 1 aromatic heterocycles. The first-order valence-corrected chi connectivity index (χ1v) is 9.96. The number of aromatic nitrogens is 1. The minimum absolute atomic E-state index is 0.163. The summed E-state index contributed by atoms with van der Waals surface area (Å²) in [6.45, 7) is 4.74. The van der Waals surface area contributed by atoms with Gasteiger partial charge in [0.2, 0.25) is 5.91 Å². The van der Waals surface area contributed by atoms with E-state index in [4.69, 9.17) is 4.52 Å². The van der Waals surface area contributed by atoms with E-state index < -0.39 is 0 Å². The number of rotatable bonds is 7. The van der Waals surface area contributed by atoms with Crippen molar-refractivity contribution < 1.29 is 9.32 Å². The number of hydrogen-bond donors (Lipinski definition) is 1. The maximum Gasteiger partial charge on any atom is 0.223 e. The third-order valence-corrected chi connectivity index (χ3v) is 5.52. The summed E-state index contributed by atoms with van der Waals surface area (Å²) >= 11 is 0. The fraction of sp³-hybridized carbons (Fsp3) is 0.545. The molecule has 140 valence electrons. The highest BCUT2D eigenvalue weighted by molar-refractivity contribution is 5.78. The van der Waals surface area contributed by atoms with Gasteiger partial charge in [-0.05, 0) is 38.5 Å². The van der Waals surface area contributed by atoms with Crippen molar-refractivity contribution in [2.45, 2.75) is 65.3 Å². The van der Waals surface area contributed by atoms with Gasteiger partial charge >= 0.3 is 0 Å². The van der Waals surface area contributed by atoms with Crippen LogP contribution in [0.2, 0.25) is 0 Å². The monoisotopic (exact) mass is 354 g/mol. The van der Waals surface area contributed by atoms with Gasteiger partial charge in [0.1, 0.15) is 5.69 Å². The van der Waals surface area contributed by atoms with E-state index in [-0.39, 0.29) is 11.8 Å². The van der Waals surface area contributed by atoms with E-state index in [2.05, 4.69) is 36.5 Å². The van der Waals surface area contributed by atoms with Gasteiger partial charge in [-0.15, -0.1) is 0 Å². The molecule has 0 bridgehead atoms. The van der Waals surface area contributed by atoms with Gasteiger partial charge in [-0.1, -0.05) is 61.2 Å². The topological polar surface area (TPSA) is 55.1 Å². The van der Waals surface area contributed by atoms with Gasteiger partial charge in [0.25, 0.3) is 0 Å². The fourth-order valence-electron chi connectivity index (χ4n) is 3.78. The van der Waals surface area contributed by atoms with E-state index in [1.807, 2.05) is 18.2 Å². The molecular formula is C22H30N2O2. The van der Waals surface area contributed by atoms with Crippen LogP contribution >= 0.6 is 0 Å². The average molecular weight is 354 g/mol. The minimum Gasteiger partial charge on any atom is -0.356 e. The molecule has 2 aromatic rings. The second-order valence-corrected chi connectivity index (χ2v) is 7.63. The number of carbonyl (C=O) groups is 1. The fourth-order valence-corrected chi connectivity index (χ4v) is 3.78. The third kappa shape index (κ3) is 4.96. The van der Waals surface area contributed by atoms with Crippen molar-refractivity contribution >= 4 is 5.91 Å². The number of carbonyl (C=O) groups excluding carboxylic acids is 1. The predicted molar refractivity (Wildman–Crippen MR) is 103 cm³/mol. The molecule has 0 atom stereocenters. The van der Waals surface area contributed by atoms with Crippen molar-refractivity contribution in [1.82, 2.24) is 10.5 Å². The summed E-state index contributed by atoms with van der Waals surface area (Å²) < 4.78 is 5.42. The van der Waals surface area contributed by atoms with Crippen LogP contribution in [0.4, 0.5) is 0 Å². The second-order valence-electron chi connectivity index (χ2n) is 7.63. The molecule has 0 saturated heterocycles. The van der Waals surface area contributed by atoms with Crippen molar-refractivity contribution in [3.05, 3.63) is 41.6 Å².